The van der Waals surface area contributed by atoms with Gasteiger partial charge in [-0.25, -0.2) is 0 Å². The van der Waals surface area contributed by atoms with E-state index in [1.54, 1.807) is 0 Å². The average molecular weight is 336 g/mol. The second kappa shape index (κ2) is 6.89. The van der Waals surface area contributed by atoms with Crippen molar-refractivity contribution in [3.05, 3.63) is 64.7 Å². The van der Waals surface area contributed by atoms with E-state index in [1.165, 1.54) is 5.56 Å². The Balaban J connectivity index is 1.52. The molecule has 4 heteroatoms. The molecule has 25 heavy (non-hydrogen) atoms. The first-order valence-corrected chi connectivity index (χ1v) is 9.04. The summed E-state index contributed by atoms with van der Waals surface area (Å²) in [7, 11) is 0. The zero-order valence-electron chi connectivity index (χ0n) is 14.6. The van der Waals surface area contributed by atoms with Crippen LogP contribution in [-0.2, 0) is 13.2 Å². The summed E-state index contributed by atoms with van der Waals surface area (Å²) in [6, 6.07) is 14.4. The molecular weight excluding hydrogens is 312 g/mol. The van der Waals surface area contributed by atoms with Crippen LogP contribution in [0.1, 0.15) is 39.9 Å². The number of carbonyl (C=O) groups excluding carboxylic acids is 1. The maximum atomic E-state index is 12.8. The van der Waals surface area contributed by atoms with Crippen molar-refractivity contribution in [2.45, 2.75) is 39.0 Å². The van der Waals surface area contributed by atoms with Gasteiger partial charge in [0.25, 0.3) is 5.91 Å². The molecule has 0 aromatic heterocycles. The number of hydrogen-bond acceptors (Lipinski definition) is 3. The molecule has 2 aliphatic rings. The minimum absolute atomic E-state index is 0.143. The zero-order valence-corrected chi connectivity index (χ0v) is 14.6. The Morgan fingerprint density at radius 2 is 2.12 bits per heavy atom. The molecule has 1 atom stereocenters. The van der Waals surface area contributed by atoms with Gasteiger partial charge < -0.3 is 15.0 Å². The number of aryl methyl sites for hydroxylation is 1. The van der Waals surface area contributed by atoms with Gasteiger partial charge in [-0.2, -0.15) is 0 Å². The van der Waals surface area contributed by atoms with E-state index in [-0.39, 0.29) is 5.91 Å². The summed E-state index contributed by atoms with van der Waals surface area (Å²) in [5, 5.41) is 3.40. The molecule has 0 spiro atoms. The fraction of sp³-hybridized carbons (Fsp3) is 0.381. The Hall–Kier alpha value is -2.33. The lowest BCUT2D eigenvalue weighted by Crippen LogP contribution is -2.46. The maximum absolute atomic E-state index is 12.8. The Labute approximate surface area is 148 Å². The molecule has 1 N–H and O–H groups in total. The highest BCUT2D eigenvalue weighted by Crippen LogP contribution is 2.33. The van der Waals surface area contributed by atoms with Crippen molar-refractivity contribution in [3.63, 3.8) is 0 Å². The van der Waals surface area contributed by atoms with Crippen molar-refractivity contribution in [2.75, 3.05) is 13.1 Å². The van der Waals surface area contributed by atoms with Gasteiger partial charge >= 0.3 is 0 Å². The first kappa shape index (κ1) is 16.2. The van der Waals surface area contributed by atoms with Crippen molar-refractivity contribution < 1.29 is 9.53 Å². The number of piperidine rings is 1. The molecule has 0 radical (unpaired) electrons. The molecule has 1 unspecified atom stereocenters. The number of amides is 1. The largest absolute Gasteiger partial charge is 0.489 e. The second-order valence-electron chi connectivity index (χ2n) is 6.99. The number of nitrogens with one attached hydrogen (secondary N) is 1. The summed E-state index contributed by atoms with van der Waals surface area (Å²) >= 11 is 0. The number of rotatable bonds is 4. The highest BCUT2D eigenvalue weighted by Gasteiger charge is 2.34. The van der Waals surface area contributed by atoms with Crippen LogP contribution in [-0.4, -0.2) is 29.9 Å². The number of ether oxygens (including phenoxy) is 1. The topological polar surface area (TPSA) is 41.6 Å². The summed E-state index contributed by atoms with van der Waals surface area (Å²) in [6.07, 6.45) is 2.20. The van der Waals surface area contributed by atoms with Crippen molar-refractivity contribution in [1.29, 1.82) is 0 Å². The minimum Gasteiger partial charge on any atom is -0.489 e. The van der Waals surface area contributed by atoms with E-state index < -0.39 is 0 Å². The van der Waals surface area contributed by atoms with Gasteiger partial charge in [0.15, 0.2) is 0 Å². The van der Waals surface area contributed by atoms with Gasteiger partial charge in [-0.3, -0.25) is 4.79 Å². The van der Waals surface area contributed by atoms with Gasteiger partial charge in [0.2, 0.25) is 0 Å². The van der Waals surface area contributed by atoms with Crippen LogP contribution in [0, 0.1) is 6.92 Å². The van der Waals surface area contributed by atoms with Crippen molar-refractivity contribution in [3.8, 4) is 5.75 Å². The third-order valence-electron chi connectivity index (χ3n) is 5.14. The molecule has 130 valence electrons. The number of carbonyl (C=O) groups is 1. The third-order valence-corrected chi connectivity index (χ3v) is 5.14. The van der Waals surface area contributed by atoms with Crippen LogP contribution in [0.2, 0.25) is 0 Å². The molecule has 0 aliphatic carbocycles. The third kappa shape index (κ3) is 3.27. The summed E-state index contributed by atoms with van der Waals surface area (Å²) in [5.74, 6) is 0.975. The quantitative estimate of drug-likeness (QED) is 0.932. The van der Waals surface area contributed by atoms with Crippen LogP contribution in [0.4, 0.5) is 0 Å². The normalized spacial score (nSPS) is 19.8. The van der Waals surface area contributed by atoms with Crippen LogP contribution in [0.15, 0.2) is 42.5 Å². The zero-order chi connectivity index (χ0) is 17.2. The average Bonchev–Trinajstić information content (AvgIpc) is 2.98. The molecule has 1 saturated heterocycles. The fourth-order valence-corrected chi connectivity index (χ4v) is 3.82. The Kier molecular flexibility index (Phi) is 4.45. The molecule has 1 fully saturated rings. The van der Waals surface area contributed by atoms with E-state index >= 15 is 0 Å². The number of benzene rings is 2. The van der Waals surface area contributed by atoms with Gasteiger partial charge in [-0.1, -0.05) is 35.9 Å². The Morgan fingerprint density at radius 1 is 1.24 bits per heavy atom. The number of fused-ring (bicyclic) bond motifs is 1. The molecule has 4 nitrogen and oxygen atoms in total. The Bertz CT molecular complexity index is 781. The van der Waals surface area contributed by atoms with Gasteiger partial charge in [0, 0.05) is 23.7 Å². The van der Waals surface area contributed by atoms with Crippen LogP contribution in [0.25, 0.3) is 0 Å². The smallest absolute Gasteiger partial charge is 0.254 e. The number of nitrogens with zero attached hydrogens (tertiary/aromatic N) is 1. The van der Waals surface area contributed by atoms with E-state index in [1.807, 2.05) is 29.2 Å². The van der Waals surface area contributed by atoms with E-state index in [9.17, 15) is 4.79 Å². The lowest BCUT2D eigenvalue weighted by atomic mass is 10.1. The molecular formula is C21H24N2O2. The van der Waals surface area contributed by atoms with Crippen LogP contribution in [0.5, 0.6) is 5.75 Å². The monoisotopic (exact) mass is 336 g/mol. The molecule has 0 bridgehead atoms. The summed E-state index contributed by atoms with van der Waals surface area (Å²) < 4.78 is 6.08. The first-order valence-electron chi connectivity index (χ1n) is 9.04. The van der Waals surface area contributed by atoms with E-state index in [0.717, 1.165) is 48.4 Å². The highest BCUT2D eigenvalue weighted by molar-refractivity contribution is 5.99. The summed E-state index contributed by atoms with van der Waals surface area (Å²) in [5.41, 5.74) is 4.21. The van der Waals surface area contributed by atoms with Gasteiger partial charge in [-0.05, 0) is 44.0 Å². The lowest BCUT2D eigenvalue weighted by Gasteiger charge is -2.31. The molecule has 4 rings (SSSR count). The van der Waals surface area contributed by atoms with Crippen molar-refractivity contribution >= 4 is 5.91 Å². The molecule has 2 aromatic carbocycles. The molecule has 1 amide bonds. The van der Waals surface area contributed by atoms with E-state index in [2.05, 4.69) is 30.4 Å². The standard InChI is InChI=1S/C21H24N2O2/c1-15-5-2-6-16(11-15)14-25-20-9-3-8-18-19(20)13-23(21(18)24)17-7-4-10-22-12-17/h2-3,5-6,8-9,11,17,22H,4,7,10,12-14H2,1H3. The first-order chi connectivity index (χ1) is 12.2. The van der Waals surface area contributed by atoms with E-state index in [4.69, 9.17) is 4.74 Å². The van der Waals surface area contributed by atoms with Gasteiger partial charge in [0.05, 0.1) is 6.54 Å². The van der Waals surface area contributed by atoms with Gasteiger partial charge in [0.1, 0.15) is 12.4 Å². The Morgan fingerprint density at radius 3 is 2.92 bits per heavy atom. The minimum atomic E-state index is 0.143. The van der Waals surface area contributed by atoms with Gasteiger partial charge in [-0.15, -0.1) is 0 Å². The highest BCUT2D eigenvalue weighted by atomic mass is 16.5. The maximum Gasteiger partial charge on any atom is 0.254 e. The predicted octanol–water partition coefficient (Wildman–Crippen LogP) is 3.28. The molecule has 2 aliphatic heterocycles. The molecule has 2 aromatic rings. The van der Waals surface area contributed by atoms with Crippen LogP contribution >= 0.6 is 0 Å². The van der Waals surface area contributed by atoms with Crippen LogP contribution in [0.3, 0.4) is 0 Å². The summed E-state index contributed by atoms with van der Waals surface area (Å²) in [4.78, 5) is 14.8. The SMILES string of the molecule is Cc1cccc(COc2cccc3c2CN(C2CCCNC2)C3=O)c1. The van der Waals surface area contributed by atoms with E-state index in [0.29, 0.717) is 19.2 Å². The van der Waals surface area contributed by atoms with Crippen molar-refractivity contribution in [1.82, 2.24) is 10.2 Å². The molecule has 2 heterocycles. The summed E-state index contributed by atoms with van der Waals surface area (Å²) in [6.45, 7) is 5.20. The second-order valence-corrected chi connectivity index (χ2v) is 6.99. The van der Waals surface area contributed by atoms with Crippen LogP contribution < -0.4 is 10.1 Å². The van der Waals surface area contributed by atoms with Crippen molar-refractivity contribution in [2.24, 2.45) is 0 Å². The fourth-order valence-electron chi connectivity index (χ4n) is 3.82. The lowest BCUT2D eigenvalue weighted by molar-refractivity contribution is 0.0674. The molecule has 0 saturated carbocycles. The number of hydrogen-bond donors (Lipinski definition) is 1. The predicted molar refractivity (Wildman–Crippen MR) is 97.7 cm³/mol.